The summed E-state index contributed by atoms with van der Waals surface area (Å²) in [6.45, 7) is 2.55. The number of nitrogens with zero attached hydrogens (tertiary/aromatic N) is 3. The first-order chi connectivity index (χ1) is 17.1. The molecule has 0 spiro atoms. The zero-order valence-corrected chi connectivity index (χ0v) is 20.3. The lowest BCUT2D eigenvalue weighted by Crippen LogP contribution is -2.30. The quantitative estimate of drug-likeness (QED) is 0.329. The van der Waals surface area contributed by atoms with Crippen LogP contribution in [0.3, 0.4) is 0 Å². The number of hydrogen-bond acceptors (Lipinski definition) is 7. The van der Waals surface area contributed by atoms with Gasteiger partial charge in [0.2, 0.25) is 5.82 Å². The van der Waals surface area contributed by atoms with Crippen molar-refractivity contribution in [2.24, 2.45) is 0 Å². The predicted molar refractivity (Wildman–Crippen MR) is 136 cm³/mol. The van der Waals surface area contributed by atoms with E-state index in [0.717, 1.165) is 26.6 Å². The second-order valence-corrected chi connectivity index (χ2v) is 8.82. The van der Waals surface area contributed by atoms with Gasteiger partial charge in [0, 0.05) is 28.0 Å². The Bertz CT molecular complexity index is 1430. The standard InChI is InChI=1S/C27H23N3O4S/c1-4-30-20-12-11-18(16-24(20)35-23-8-6-5-7-19(23)27(30)31)26-28-25(34-29-26)14-10-17-9-13-21(32-2)22(15-17)33-3/h5-16H,4H2,1-3H3/b14-10+. The fraction of sp³-hybridized carbons (Fsp3) is 0.148. The van der Waals surface area contributed by atoms with Crippen LogP contribution in [0.2, 0.25) is 0 Å². The van der Waals surface area contributed by atoms with Crippen LogP contribution in [-0.4, -0.2) is 36.8 Å². The molecule has 0 saturated heterocycles. The molecule has 0 fully saturated rings. The number of amides is 1. The van der Waals surface area contributed by atoms with E-state index in [1.54, 1.807) is 37.0 Å². The number of benzene rings is 3. The molecule has 2 heterocycles. The van der Waals surface area contributed by atoms with E-state index in [0.29, 0.717) is 35.3 Å². The van der Waals surface area contributed by atoms with Gasteiger partial charge in [-0.25, -0.2) is 0 Å². The zero-order chi connectivity index (χ0) is 24.4. The molecule has 35 heavy (non-hydrogen) atoms. The van der Waals surface area contributed by atoms with Crippen molar-refractivity contribution in [1.29, 1.82) is 0 Å². The SMILES string of the molecule is CCN1C(=O)c2ccccc2Sc2cc(-c3noc(/C=C/c4ccc(OC)c(OC)c4)n3)ccc21. The second-order valence-electron chi connectivity index (χ2n) is 7.73. The van der Waals surface area contributed by atoms with E-state index >= 15 is 0 Å². The highest BCUT2D eigenvalue weighted by Crippen LogP contribution is 2.42. The topological polar surface area (TPSA) is 77.7 Å². The lowest BCUT2D eigenvalue weighted by molar-refractivity contribution is 0.0985. The van der Waals surface area contributed by atoms with Gasteiger partial charge in [-0.3, -0.25) is 4.79 Å². The molecule has 0 unspecified atom stereocenters. The maximum absolute atomic E-state index is 13.1. The first kappa shape index (κ1) is 22.7. The van der Waals surface area contributed by atoms with Crippen molar-refractivity contribution < 1.29 is 18.8 Å². The second kappa shape index (κ2) is 9.68. The zero-order valence-electron chi connectivity index (χ0n) is 19.5. The lowest BCUT2D eigenvalue weighted by Gasteiger charge is -2.21. The molecule has 5 rings (SSSR count). The molecular formula is C27H23N3O4S. The minimum Gasteiger partial charge on any atom is -0.493 e. The molecule has 1 aromatic heterocycles. The first-order valence-corrected chi connectivity index (χ1v) is 11.9. The van der Waals surface area contributed by atoms with E-state index in [4.69, 9.17) is 14.0 Å². The first-order valence-electron chi connectivity index (χ1n) is 11.1. The van der Waals surface area contributed by atoms with Gasteiger partial charge in [-0.05, 0) is 61.0 Å². The van der Waals surface area contributed by atoms with Crippen molar-refractivity contribution >= 4 is 35.5 Å². The van der Waals surface area contributed by atoms with Crippen molar-refractivity contribution in [1.82, 2.24) is 10.1 Å². The van der Waals surface area contributed by atoms with E-state index in [2.05, 4.69) is 10.1 Å². The van der Waals surface area contributed by atoms with Crippen LogP contribution in [0.1, 0.15) is 28.7 Å². The molecular weight excluding hydrogens is 462 g/mol. The van der Waals surface area contributed by atoms with Crippen LogP contribution < -0.4 is 14.4 Å². The van der Waals surface area contributed by atoms with Gasteiger partial charge in [-0.15, -0.1) is 0 Å². The predicted octanol–water partition coefficient (Wildman–Crippen LogP) is 6.06. The van der Waals surface area contributed by atoms with Crippen molar-refractivity contribution in [2.75, 3.05) is 25.7 Å². The Hall–Kier alpha value is -4.04. The Morgan fingerprint density at radius 3 is 2.60 bits per heavy atom. The maximum Gasteiger partial charge on any atom is 0.259 e. The highest BCUT2D eigenvalue weighted by Gasteiger charge is 2.26. The third kappa shape index (κ3) is 4.40. The van der Waals surface area contributed by atoms with Gasteiger partial charge in [0.25, 0.3) is 11.8 Å². The van der Waals surface area contributed by atoms with Crippen LogP contribution >= 0.6 is 11.8 Å². The average molecular weight is 486 g/mol. The van der Waals surface area contributed by atoms with Gasteiger partial charge in [0.1, 0.15) is 0 Å². The normalized spacial score (nSPS) is 12.9. The molecule has 0 aliphatic carbocycles. The highest BCUT2D eigenvalue weighted by molar-refractivity contribution is 7.99. The molecule has 1 aliphatic heterocycles. The van der Waals surface area contributed by atoms with E-state index < -0.39 is 0 Å². The van der Waals surface area contributed by atoms with Crippen LogP contribution in [0.25, 0.3) is 23.5 Å². The van der Waals surface area contributed by atoms with Gasteiger partial charge >= 0.3 is 0 Å². The summed E-state index contributed by atoms with van der Waals surface area (Å²) in [5, 5.41) is 4.16. The van der Waals surface area contributed by atoms with E-state index in [-0.39, 0.29) is 5.91 Å². The largest absolute Gasteiger partial charge is 0.493 e. The summed E-state index contributed by atoms with van der Waals surface area (Å²) in [5.41, 5.74) is 3.30. The van der Waals surface area contributed by atoms with Crippen LogP contribution in [0.5, 0.6) is 11.5 Å². The molecule has 0 N–H and O–H groups in total. The molecule has 4 aromatic rings. The fourth-order valence-corrected chi connectivity index (χ4v) is 5.04. The molecule has 0 radical (unpaired) electrons. The maximum atomic E-state index is 13.1. The van der Waals surface area contributed by atoms with Crippen molar-refractivity contribution in [2.45, 2.75) is 16.7 Å². The van der Waals surface area contributed by atoms with E-state index in [1.165, 1.54) is 0 Å². The average Bonchev–Trinajstić information content (AvgIpc) is 3.33. The molecule has 7 nitrogen and oxygen atoms in total. The number of aromatic nitrogens is 2. The van der Waals surface area contributed by atoms with Crippen molar-refractivity contribution in [3.63, 3.8) is 0 Å². The number of hydrogen-bond donors (Lipinski definition) is 0. The van der Waals surface area contributed by atoms with Gasteiger partial charge in [-0.2, -0.15) is 4.98 Å². The molecule has 1 amide bonds. The van der Waals surface area contributed by atoms with Crippen LogP contribution in [-0.2, 0) is 0 Å². The van der Waals surface area contributed by atoms with Crippen LogP contribution in [0, 0.1) is 0 Å². The molecule has 0 bridgehead atoms. The Balaban J connectivity index is 1.43. The molecule has 1 aliphatic rings. The number of carbonyl (C=O) groups excluding carboxylic acids is 1. The summed E-state index contributed by atoms with van der Waals surface area (Å²) >= 11 is 1.57. The Kier molecular flexibility index (Phi) is 6.29. The number of carbonyl (C=O) groups is 1. The number of anilines is 1. The fourth-order valence-electron chi connectivity index (χ4n) is 3.92. The minimum absolute atomic E-state index is 0.00393. The van der Waals surface area contributed by atoms with Crippen LogP contribution in [0.15, 0.2) is 75.0 Å². The van der Waals surface area contributed by atoms with Crippen LogP contribution in [0.4, 0.5) is 5.69 Å². The number of fused-ring (bicyclic) bond motifs is 2. The number of rotatable bonds is 6. The Morgan fingerprint density at radius 1 is 0.971 bits per heavy atom. The van der Waals surface area contributed by atoms with Gasteiger partial charge in [0.15, 0.2) is 11.5 Å². The monoisotopic (exact) mass is 485 g/mol. The summed E-state index contributed by atoms with van der Waals surface area (Å²) in [6.07, 6.45) is 3.62. The van der Waals surface area contributed by atoms with Gasteiger partial charge in [0.05, 0.1) is 25.5 Å². The number of methoxy groups -OCH3 is 2. The lowest BCUT2D eigenvalue weighted by atomic mass is 10.1. The Morgan fingerprint density at radius 2 is 1.80 bits per heavy atom. The minimum atomic E-state index is 0.00393. The van der Waals surface area contributed by atoms with Crippen molar-refractivity contribution in [3.8, 4) is 22.9 Å². The summed E-state index contributed by atoms with van der Waals surface area (Å²) in [7, 11) is 3.20. The summed E-state index contributed by atoms with van der Waals surface area (Å²) < 4.78 is 16.1. The van der Waals surface area contributed by atoms with Gasteiger partial charge in [-0.1, -0.05) is 35.1 Å². The van der Waals surface area contributed by atoms with E-state index in [9.17, 15) is 4.79 Å². The third-order valence-corrected chi connectivity index (χ3v) is 6.80. The third-order valence-electron chi connectivity index (χ3n) is 5.68. The molecule has 176 valence electrons. The van der Waals surface area contributed by atoms with E-state index in [1.807, 2.05) is 73.7 Å². The summed E-state index contributed by atoms with van der Waals surface area (Å²) in [6, 6.07) is 19.2. The Labute approximate surface area is 207 Å². The summed E-state index contributed by atoms with van der Waals surface area (Å²) in [4.78, 5) is 21.3. The molecule has 0 atom stereocenters. The highest BCUT2D eigenvalue weighted by atomic mass is 32.2. The van der Waals surface area contributed by atoms with Gasteiger partial charge < -0.3 is 18.9 Å². The molecule has 0 saturated carbocycles. The smallest absolute Gasteiger partial charge is 0.259 e. The molecule has 8 heteroatoms. The van der Waals surface area contributed by atoms with Crippen molar-refractivity contribution in [3.05, 3.63) is 77.7 Å². The summed E-state index contributed by atoms with van der Waals surface area (Å²) in [5.74, 6) is 2.17. The molecule has 3 aromatic carbocycles. The number of ether oxygens (including phenoxy) is 2.